The molecule has 0 saturated heterocycles. The fourth-order valence-corrected chi connectivity index (χ4v) is 2.01. The first-order valence-corrected chi connectivity index (χ1v) is 5.91. The average molecular weight is 222 g/mol. The average Bonchev–Trinajstić information content (AvgIpc) is 2.68. The minimum atomic E-state index is 0.526. The molecule has 5 heteroatoms. The molecule has 0 aliphatic heterocycles. The van der Waals surface area contributed by atoms with Crippen LogP contribution in [0.25, 0.3) is 10.5 Å². The van der Waals surface area contributed by atoms with Gasteiger partial charge in [-0.1, -0.05) is 18.3 Å². The summed E-state index contributed by atoms with van der Waals surface area (Å²) in [5, 5.41) is 4.45. The molecule has 0 amide bonds. The van der Waals surface area contributed by atoms with Gasteiger partial charge in [-0.2, -0.15) is 0 Å². The maximum atomic E-state index is 4.40. The number of rotatable bonds is 4. The zero-order chi connectivity index (χ0) is 10.7. The Bertz CT molecular complexity index is 407. The van der Waals surface area contributed by atoms with Crippen LogP contribution < -0.4 is 5.32 Å². The van der Waals surface area contributed by atoms with Crippen molar-refractivity contribution in [3.8, 4) is 0 Å². The quantitative estimate of drug-likeness (QED) is 0.859. The molecule has 0 spiro atoms. The van der Waals surface area contributed by atoms with Crippen LogP contribution in [-0.4, -0.2) is 21.0 Å². The molecule has 0 bridgehead atoms. The van der Waals surface area contributed by atoms with E-state index in [2.05, 4.69) is 34.1 Å². The summed E-state index contributed by atoms with van der Waals surface area (Å²) in [5.74, 6) is 0. The van der Waals surface area contributed by atoms with Crippen LogP contribution in [0, 0.1) is 0 Å². The van der Waals surface area contributed by atoms with E-state index in [1.54, 1.807) is 23.7 Å². The molecular formula is C10H14N4S. The largest absolute Gasteiger partial charge is 0.308 e. The Balaban J connectivity index is 2.09. The van der Waals surface area contributed by atoms with Crippen molar-refractivity contribution in [2.75, 3.05) is 0 Å². The maximum Gasteiger partial charge on any atom is 0.189 e. The Kier molecular flexibility index (Phi) is 3.23. The number of thiazole rings is 1. The van der Waals surface area contributed by atoms with Gasteiger partial charge in [0.1, 0.15) is 5.01 Å². The van der Waals surface area contributed by atoms with Crippen LogP contribution in [0.3, 0.4) is 0 Å². The minimum Gasteiger partial charge on any atom is -0.308 e. The fourth-order valence-electron chi connectivity index (χ4n) is 1.20. The molecule has 1 N–H and O–H groups in total. The molecule has 0 aromatic carbocycles. The molecule has 15 heavy (non-hydrogen) atoms. The van der Waals surface area contributed by atoms with Crippen LogP contribution in [-0.2, 0) is 6.54 Å². The normalized spacial score (nSPS) is 13.2. The van der Waals surface area contributed by atoms with Gasteiger partial charge in [0.2, 0.25) is 0 Å². The zero-order valence-corrected chi connectivity index (χ0v) is 9.71. The van der Waals surface area contributed by atoms with Crippen molar-refractivity contribution < 1.29 is 0 Å². The summed E-state index contributed by atoms with van der Waals surface area (Å²) < 4.78 is 0. The van der Waals surface area contributed by atoms with Gasteiger partial charge in [0.05, 0.1) is 0 Å². The lowest BCUT2D eigenvalue weighted by atomic mass is 10.3. The molecule has 0 radical (unpaired) electrons. The summed E-state index contributed by atoms with van der Waals surface area (Å²) in [6.45, 7) is 5.14. The maximum absolute atomic E-state index is 4.40. The number of hydrogen-bond acceptors (Lipinski definition) is 5. The number of aromatic nitrogens is 3. The predicted molar refractivity (Wildman–Crippen MR) is 61.8 cm³/mol. The molecule has 0 saturated carbocycles. The summed E-state index contributed by atoms with van der Waals surface area (Å²) in [6, 6.07) is 0.526. The molecule has 4 nitrogen and oxygen atoms in total. The van der Waals surface area contributed by atoms with E-state index in [-0.39, 0.29) is 0 Å². The summed E-state index contributed by atoms with van der Waals surface area (Å²) in [4.78, 5) is 13.7. The van der Waals surface area contributed by atoms with E-state index in [9.17, 15) is 0 Å². The first-order chi connectivity index (χ1) is 7.29. The third kappa shape index (κ3) is 2.49. The smallest absolute Gasteiger partial charge is 0.189 e. The molecular weight excluding hydrogens is 208 g/mol. The lowest BCUT2D eigenvalue weighted by Gasteiger charge is -2.08. The SMILES string of the molecule is CCC(C)NCc1nc2nccnc2s1. The van der Waals surface area contributed by atoms with E-state index in [1.807, 2.05) is 0 Å². The Morgan fingerprint density at radius 2 is 2.20 bits per heavy atom. The minimum absolute atomic E-state index is 0.526. The van der Waals surface area contributed by atoms with Gasteiger partial charge in [0.15, 0.2) is 10.5 Å². The van der Waals surface area contributed by atoms with Crippen LogP contribution in [0.1, 0.15) is 25.3 Å². The van der Waals surface area contributed by atoms with Crippen molar-refractivity contribution in [1.82, 2.24) is 20.3 Å². The summed E-state index contributed by atoms with van der Waals surface area (Å²) in [7, 11) is 0. The Labute approximate surface area is 92.8 Å². The standard InChI is InChI=1S/C10H14N4S/c1-3-7(2)13-6-8-14-9-10(15-8)12-5-4-11-9/h4-5,7,13H,3,6H2,1-2H3. The van der Waals surface area contributed by atoms with Gasteiger partial charge >= 0.3 is 0 Å². The predicted octanol–water partition coefficient (Wildman–Crippen LogP) is 1.97. The topological polar surface area (TPSA) is 50.7 Å². The molecule has 0 aliphatic rings. The van der Waals surface area contributed by atoms with Crippen LogP contribution in [0.15, 0.2) is 12.4 Å². The van der Waals surface area contributed by atoms with Gasteiger partial charge < -0.3 is 5.32 Å². The third-order valence-corrected chi connectivity index (χ3v) is 3.26. The first kappa shape index (κ1) is 10.4. The second-order valence-electron chi connectivity index (χ2n) is 3.48. The molecule has 0 fully saturated rings. The van der Waals surface area contributed by atoms with E-state index in [4.69, 9.17) is 0 Å². The van der Waals surface area contributed by atoms with Crippen molar-refractivity contribution in [1.29, 1.82) is 0 Å². The van der Waals surface area contributed by atoms with E-state index in [0.29, 0.717) is 6.04 Å². The first-order valence-electron chi connectivity index (χ1n) is 5.09. The highest BCUT2D eigenvalue weighted by Gasteiger charge is 2.05. The van der Waals surface area contributed by atoms with Crippen LogP contribution in [0.2, 0.25) is 0 Å². The highest BCUT2D eigenvalue weighted by atomic mass is 32.1. The number of hydrogen-bond donors (Lipinski definition) is 1. The molecule has 1 unspecified atom stereocenters. The van der Waals surface area contributed by atoms with E-state index < -0.39 is 0 Å². The summed E-state index contributed by atoms with van der Waals surface area (Å²) in [5.41, 5.74) is 0.753. The van der Waals surface area contributed by atoms with Gasteiger partial charge in [-0.15, -0.1) is 0 Å². The van der Waals surface area contributed by atoms with Crippen LogP contribution in [0.4, 0.5) is 0 Å². The molecule has 1 atom stereocenters. The highest BCUT2D eigenvalue weighted by molar-refractivity contribution is 7.18. The van der Waals surface area contributed by atoms with Gasteiger partial charge in [-0.3, -0.25) is 0 Å². The van der Waals surface area contributed by atoms with E-state index in [1.165, 1.54) is 0 Å². The van der Waals surface area contributed by atoms with E-state index >= 15 is 0 Å². The highest BCUT2D eigenvalue weighted by Crippen LogP contribution is 2.17. The second-order valence-corrected chi connectivity index (χ2v) is 4.54. The second kappa shape index (κ2) is 4.63. The van der Waals surface area contributed by atoms with Crippen LogP contribution >= 0.6 is 11.3 Å². The molecule has 2 aromatic heterocycles. The lowest BCUT2D eigenvalue weighted by Crippen LogP contribution is -2.24. The van der Waals surface area contributed by atoms with Crippen molar-refractivity contribution in [3.05, 3.63) is 17.4 Å². The fraction of sp³-hybridized carbons (Fsp3) is 0.500. The van der Waals surface area contributed by atoms with Crippen molar-refractivity contribution in [3.63, 3.8) is 0 Å². The summed E-state index contributed by atoms with van der Waals surface area (Å²) in [6.07, 6.45) is 4.50. The zero-order valence-electron chi connectivity index (χ0n) is 8.90. The monoisotopic (exact) mass is 222 g/mol. The lowest BCUT2D eigenvalue weighted by molar-refractivity contribution is 0.533. The summed E-state index contributed by atoms with van der Waals surface area (Å²) >= 11 is 1.60. The Morgan fingerprint density at radius 3 is 2.93 bits per heavy atom. The van der Waals surface area contributed by atoms with Crippen molar-refractivity contribution in [2.45, 2.75) is 32.9 Å². The van der Waals surface area contributed by atoms with Gasteiger partial charge in [0.25, 0.3) is 0 Å². The van der Waals surface area contributed by atoms with Gasteiger partial charge in [0, 0.05) is 25.0 Å². The number of nitrogens with one attached hydrogen (secondary N) is 1. The third-order valence-electron chi connectivity index (χ3n) is 2.31. The number of nitrogens with zero attached hydrogens (tertiary/aromatic N) is 3. The molecule has 80 valence electrons. The Morgan fingerprint density at radius 1 is 1.40 bits per heavy atom. The van der Waals surface area contributed by atoms with Gasteiger partial charge in [-0.05, 0) is 13.3 Å². The van der Waals surface area contributed by atoms with Crippen molar-refractivity contribution >= 4 is 21.8 Å². The number of fused-ring (bicyclic) bond motifs is 1. The Hall–Kier alpha value is -1.07. The molecule has 2 rings (SSSR count). The van der Waals surface area contributed by atoms with Gasteiger partial charge in [-0.25, -0.2) is 15.0 Å². The van der Waals surface area contributed by atoms with E-state index in [0.717, 1.165) is 28.5 Å². The molecule has 0 aliphatic carbocycles. The molecule has 2 heterocycles. The van der Waals surface area contributed by atoms with Crippen molar-refractivity contribution in [2.24, 2.45) is 0 Å². The van der Waals surface area contributed by atoms with Crippen LogP contribution in [0.5, 0.6) is 0 Å². The molecule has 2 aromatic rings.